The van der Waals surface area contributed by atoms with E-state index in [4.69, 9.17) is 0 Å². The predicted molar refractivity (Wildman–Crippen MR) is 75.3 cm³/mol. The maximum atomic E-state index is 3.39. The topological polar surface area (TPSA) is 15.3 Å². The third-order valence-electron chi connectivity index (χ3n) is 3.91. The van der Waals surface area contributed by atoms with Crippen molar-refractivity contribution >= 4 is 11.8 Å². The molecule has 1 heterocycles. The monoisotopic (exact) mass is 244 g/mol. The van der Waals surface area contributed by atoms with Crippen molar-refractivity contribution in [3.63, 3.8) is 0 Å². The van der Waals surface area contributed by atoms with Gasteiger partial charge in [-0.25, -0.2) is 0 Å². The minimum atomic E-state index is 0.356. The Morgan fingerprint density at radius 1 is 1.50 bits per heavy atom. The van der Waals surface area contributed by atoms with E-state index in [1.165, 1.54) is 31.8 Å². The van der Waals surface area contributed by atoms with Gasteiger partial charge in [-0.2, -0.15) is 11.8 Å². The van der Waals surface area contributed by atoms with Crippen molar-refractivity contribution in [3.05, 3.63) is 0 Å². The maximum Gasteiger partial charge on any atom is 0.0172 e. The first-order valence-electron chi connectivity index (χ1n) is 6.50. The molecular weight excluding hydrogens is 216 g/mol. The zero-order chi connectivity index (χ0) is 12.2. The van der Waals surface area contributed by atoms with Crippen molar-refractivity contribution in [2.75, 3.05) is 32.4 Å². The van der Waals surface area contributed by atoms with E-state index in [1.54, 1.807) is 0 Å². The summed E-state index contributed by atoms with van der Waals surface area (Å²) in [6, 6.07) is 0.571. The van der Waals surface area contributed by atoms with Crippen LogP contribution in [0, 0.1) is 5.41 Å². The van der Waals surface area contributed by atoms with Gasteiger partial charge in [0, 0.05) is 36.7 Å². The van der Waals surface area contributed by atoms with Gasteiger partial charge in [0.2, 0.25) is 0 Å². The summed E-state index contributed by atoms with van der Waals surface area (Å²) in [4.78, 5) is 2.65. The summed E-state index contributed by atoms with van der Waals surface area (Å²) in [7, 11) is 2.06. The molecular formula is C13H28N2S. The van der Waals surface area contributed by atoms with Crippen LogP contribution in [-0.2, 0) is 0 Å². The Labute approximate surface area is 106 Å². The normalized spacial score (nSPS) is 25.7. The van der Waals surface area contributed by atoms with E-state index in [0.29, 0.717) is 11.5 Å². The highest BCUT2D eigenvalue weighted by Gasteiger charge is 2.29. The average molecular weight is 244 g/mol. The first-order chi connectivity index (χ1) is 7.49. The Morgan fingerprint density at radius 3 is 2.75 bits per heavy atom. The zero-order valence-electron chi connectivity index (χ0n) is 11.5. The highest BCUT2D eigenvalue weighted by molar-refractivity contribution is 8.00. The molecule has 1 fully saturated rings. The first kappa shape index (κ1) is 14.3. The lowest BCUT2D eigenvalue weighted by atomic mass is 9.84. The van der Waals surface area contributed by atoms with Crippen LogP contribution in [0.3, 0.4) is 0 Å². The van der Waals surface area contributed by atoms with E-state index in [2.05, 4.69) is 56.7 Å². The fourth-order valence-corrected chi connectivity index (χ4v) is 3.52. The van der Waals surface area contributed by atoms with Gasteiger partial charge < -0.3 is 10.2 Å². The molecule has 1 rings (SSSR count). The van der Waals surface area contributed by atoms with E-state index in [1.807, 2.05) is 0 Å². The highest BCUT2D eigenvalue weighted by atomic mass is 32.2. The van der Waals surface area contributed by atoms with Gasteiger partial charge in [0.1, 0.15) is 0 Å². The number of hydrogen-bond donors (Lipinski definition) is 1. The van der Waals surface area contributed by atoms with Crippen LogP contribution in [0.15, 0.2) is 0 Å². The molecule has 16 heavy (non-hydrogen) atoms. The van der Waals surface area contributed by atoms with Crippen molar-refractivity contribution in [3.8, 4) is 0 Å². The van der Waals surface area contributed by atoms with Crippen molar-refractivity contribution < 1.29 is 0 Å². The predicted octanol–water partition coefficient (Wildman–Crippen LogP) is 2.45. The Morgan fingerprint density at radius 2 is 2.19 bits per heavy atom. The summed E-state index contributed by atoms with van der Waals surface area (Å²) < 4.78 is 0. The second-order valence-electron chi connectivity index (χ2n) is 5.64. The van der Waals surface area contributed by atoms with Crippen LogP contribution < -0.4 is 5.32 Å². The smallest absolute Gasteiger partial charge is 0.0172 e. The lowest BCUT2D eigenvalue weighted by molar-refractivity contribution is 0.149. The second kappa shape index (κ2) is 6.27. The minimum Gasteiger partial charge on any atom is -0.317 e. The molecule has 1 N–H and O–H groups in total. The van der Waals surface area contributed by atoms with Crippen LogP contribution in [0.1, 0.15) is 34.1 Å². The Bertz CT molecular complexity index is 206. The van der Waals surface area contributed by atoms with Crippen LogP contribution in [0.5, 0.6) is 0 Å². The number of rotatable bonds is 5. The molecule has 96 valence electrons. The lowest BCUT2D eigenvalue weighted by Gasteiger charge is -2.40. The van der Waals surface area contributed by atoms with E-state index >= 15 is 0 Å². The standard InChI is InChI=1S/C13H28N2S/c1-6-12-9-15(7-8-16-12)10-13(3,4)11(2)14-5/h11-12,14H,6-10H2,1-5H3. The Kier molecular flexibility index (Phi) is 5.62. The van der Waals surface area contributed by atoms with Gasteiger partial charge in [-0.3, -0.25) is 0 Å². The van der Waals surface area contributed by atoms with E-state index in [-0.39, 0.29) is 0 Å². The third kappa shape index (κ3) is 3.94. The molecule has 0 spiro atoms. The Balaban J connectivity index is 2.46. The molecule has 2 unspecified atom stereocenters. The lowest BCUT2D eigenvalue weighted by Crippen LogP contribution is -2.49. The molecule has 1 saturated heterocycles. The molecule has 0 saturated carbocycles. The number of nitrogens with one attached hydrogen (secondary N) is 1. The van der Waals surface area contributed by atoms with Crippen molar-refractivity contribution in [2.24, 2.45) is 5.41 Å². The van der Waals surface area contributed by atoms with Gasteiger partial charge in [-0.1, -0.05) is 20.8 Å². The summed E-state index contributed by atoms with van der Waals surface area (Å²) in [5.41, 5.74) is 0.356. The summed E-state index contributed by atoms with van der Waals surface area (Å²) in [5.74, 6) is 1.31. The quantitative estimate of drug-likeness (QED) is 0.800. The summed E-state index contributed by atoms with van der Waals surface area (Å²) >= 11 is 2.15. The van der Waals surface area contributed by atoms with Gasteiger partial charge in [-0.05, 0) is 25.8 Å². The molecule has 3 heteroatoms. The molecule has 1 aliphatic rings. The fourth-order valence-electron chi connectivity index (χ4n) is 2.27. The molecule has 0 aromatic carbocycles. The van der Waals surface area contributed by atoms with Crippen molar-refractivity contribution in [2.45, 2.75) is 45.4 Å². The molecule has 0 bridgehead atoms. The van der Waals surface area contributed by atoms with Gasteiger partial charge >= 0.3 is 0 Å². The van der Waals surface area contributed by atoms with Crippen LogP contribution in [0.4, 0.5) is 0 Å². The van der Waals surface area contributed by atoms with Crippen molar-refractivity contribution in [1.29, 1.82) is 0 Å². The Hall–Kier alpha value is 0.270. The van der Waals surface area contributed by atoms with E-state index in [0.717, 1.165) is 5.25 Å². The summed E-state index contributed by atoms with van der Waals surface area (Å²) in [5, 5.41) is 4.24. The molecule has 0 aliphatic carbocycles. The minimum absolute atomic E-state index is 0.356. The van der Waals surface area contributed by atoms with E-state index in [9.17, 15) is 0 Å². The highest BCUT2D eigenvalue weighted by Crippen LogP contribution is 2.26. The summed E-state index contributed by atoms with van der Waals surface area (Å²) in [6.07, 6.45) is 1.31. The van der Waals surface area contributed by atoms with Gasteiger partial charge in [-0.15, -0.1) is 0 Å². The van der Waals surface area contributed by atoms with Crippen LogP contribution in [-0.4, -0.2) is 48.6 Å². The summed E-state index contributed by atoms with van der Waals surface area (Å²) in [6.45, 7) is 13.1. The molecule has 1 aliphatic heterocycles. The molecule has 0 amide bonds. The molecule has 2 nitrogen and oxygen atoms in total. The average Bonchev–Trinajstić information content (AvgIpc) is 2.27. The van der Waals surface area contributed by atoms with Crippen LogP contribution in [0.2, 0.25) is 0 Å². The molecule has 0 aromatic heterocycles. The third-order valence-corrected chi connectivity index (χ3v) is 5.29. The largest absolute Gasteiger partial charge is 0.317 e. The second-order valence-corrected chi connectivity index (χ2v) is 7.04. The number of hydrogen-bond acceptors (Lipinski definition) is 3. The SMILES string of the molecule is CCC1CN(CC(C)(C)C(C)NC)CCS1. The fraction of sp³-hybridized carbons (Fsp3) is 1.00. The van der Waals surface area contributed by atoms with Crippen molar-refractivity contribution in [1.82, 2.24) is 10.2 Å². The van der Waals surface area contributed by atoms with Crippen LogP contribution >= 0.6 is 11.8 Å². The number of nitrogens with zero attached hydrogens (tertiary/aromatic N) is 1. The maximum absolute atomic E-state index is 3.39. The number of thioether (sulfide) groups is 1. The van der Waals surface area contributed by atoms with E-state index < -0.39 is 0 Å². The van der Waals surface area contributed by atoms with Crippen LogP contribution in [0.25, 0.3) is 0 Å². The van der Waals surface area contributed by atoms with Gasteiger partial charge in [0.25, 0.3) is 0 Å². The first-order valence-corrected chi connectivity index (χ1v) is 7.55. The zero-order valence-corrected chi connectivity index (χ0v) is 12.4. The van der Waals surface area contributed by atoms with Gasteiger partial charge in [0.15, 0.2) is 0 Å². The van der Waals surface area contributed by atoms with Gasteiger partial charge in [0.05, 0.1) is 0 Å². The molecule has 2 atom stereocenters. The molecule has 0 aromatic rings. The molecule has 0 radical (unpaired) electrons.